The molecule has 1 aliphatic carbocycles. The maximum Gasteiger partial charge on any atom is 0.130 e. The van der Waals surface area contributed by atoms with Gasteiger partial charge in [0, 0.05) is 18.7 Å². The Morgan fingerprint density at radius 3 is 2.37 bits per heavy atom. The molecule has 106 valence electrons. The monoisotopic (exact) mass is 269 g/mol. The molecule has 0 aromatic heterocycles. The van der Waals surface area contributed by atoms with Crippen molar-refractivity contribution in [1.29, 1.82) is 0 Å². The molecular weight excluding hydrogens is 248 g/mol. The molecule has 19 heavy (non-hydrogen) atoms. The fourth-order valence-electron chi connectivity index (χ4n) is 2.80. The van der Waals surface area contributed by atoms with E-state index >= 15 is 0 Å². The first-order chi connectivity index (χ1) is 9.12. The second-order valence-electron chi connectivity index (χ2n) is 5.19. The van der Waals surface area contributed by atoms with Gasteiger partial charge in [-0.15, -0.1) is 0 Å². The zero-order valence-electron chi connectivity index (χ0n) is 11.5. The molecule has 1 unspecified atom stereocenters. The van der Waals surface area contributed by atoms with Crippen molar-refractivity contribution in [2.24, 2.45) is 0 Å². The number of halogens is 2. The summed E-state index contributed by atoms with van der Waals surface area (Å²) in [7, 11) is 1.68. The molecular formula is C15H21F2NO. The highest BCUT2D eigenvalue weighted by molar-refractivity contribution is 5.24. The fourth-order valence-corrected chi connectivity index (χ4v) is 2.80. The van der Waals surface area contributed by atoms with Crippen LogP contribution in [0.2, 0.25) is 0 Å². The maximum absolute atomic E-state index is 13.9. The predicted octanol–water partition coefficient (Wildman–Crippen LogP) is 3.57. The zero-order chi connectivity index (χ0) is 13.9. The number of methoxy groups -OCH3 is 1. The van der Waals surface area contributed by atoms with Gasteiger partial charge in [-0.1, -0.05) is 13.0 Å². The topological polar surface area (TPSA) is 21.3 Å². The number of ether oxygens (including phenoxy) is 1. The molecule has 0 heterocycles. The van der Waals surface area contributed by atoms with Crippen molar-refractivity contribution in [3.05, 3.63) is 35.4 Å². The minimum atomic E-state index is -0.489. The smallest absolute Gasteiger partial charge is 0.130 e. The Labute approximate surface area is 113 Å². The van der Waals surface area contributed by atoms with E-state index in [2.05, 4.69) is 5.32 Å². The van der Waals surface area contributed by atoms with Gasteiger partial charge in [0.15, 0.2) is 0 Å². The van der Waals surface area contributed by atoms with Crippen LogP contribution in [0.25, 0.3) is 0 Å². The molecule has 0 amide bonds. The molecule has 1 fully saturated rings. The summed E-state index contributed by atoms with van der Waals surface area (Å²) in [6.07, 6.45) is 3.64. The van der Waals surface area contributed by atoms with E-state index in [0.717, 1.165) is 19.3 Å². The summed E-state index contributed by atoms with van der Waals surface area (Å²) >= 11 is 0. The minimum Gasteiger partial charge on any atom is -0.378 e. The lowest BCUT2D eigenvalue weighted by atomic mass is 9.74. The van der Waals surface area contributed by atoms with E-state index in [-0.39, 0.29) is 17.2 Å². The fraction of sp³-hybridized carbons (Fsp3) is 0.600. The van der Waals surface area contributed by atoms with E-state index in [9.17, 15) is 8.78 Å². The lowest BCUT2D eigenvalue weighted by Gasteiger charge is -2.43. The minimum absolute atomic E-state index is 0.132. The largest absolute Gasteiger partial charge is 0.378 e. The third-order valence-corrected chi connectivity index (χ3v) is 4.07. The number of benzene rings is 1. The predicted molar refractivity (Wildman–Crippen MR) is 71.0 cm³/mol. The van der Waals surface area contributed by atoms with Crippen molar-refractivity contribution in [1.82, 2.24) is 5.32 Å². The Bertz CT molecular complexity index is 406. The third kappa shape index (κ3) is 2.95. The highest BCUT2D eigenvalue weighted by atomic mass is 19.1. The number of hydrogen-bond acceptors (Lipinski definition) is 2. The third-order valence-electron chi connectivity index (χ3n) is 4.07. The first-order valence-corrected chi connectivity index (χ1v) is 6.84. The van der Waals surface area contributed by atoms with E-state index < -0.39 is 11.6 Å². The van der Waals surface area contributed by atoms with Gasteiger partial charge >= 0.3 is 0 Å². The van der Waals surface area contributed by atoms with Crippen LogP contribution < -0.4 is 5.32 Å². The van der Waals surface area contributed by atoms with Crippen LogP contribution >= 0.6 is 0 Å². The average Bonchev–Trinajstić information content (AvgIpc) is 2.33. The highest BCUT2D eigenvalue weighted by Gasteiger charge is 2.40. The van der Waals surface area contributed by atoms with E-state index in [1.165, 1.54) is 18.2 Å². The molecule has 1 N–H and O–H groups in total. The Morgan fingerprint density at radius 2 is 1.95 bits per heavy atom. The first kappa shape index (κ1) is 14.4. The normalized spacial score (nSPS) is 18.9. The van der Waals surface area contributed by atoms with Gasteiger partial charge in [0.05, 0.1) is 5.60 Å². The van der Waals surface area contributed by atoms with E-state index in [1.54, 1.807) is 7.11 Å². The van der Waals surface area contributed by atoms with Gasteiger partial charge in [0.2, 0.25) is 0 Å². The summed E-state index contributed by atoms with van der Waals surface area (Å²) in [4.78, 5) is 0. The van der Waals surface area contributed by atoms with Crippen LogP contribution in [-0.2, 0) is 4.74 Å². The Hall–Kier alpha value is -1.00. The Morgan fingerprint density at radius 1 is 1.32 bits per heavy atom. The van der Waals surface area contributed by atoms with Crippen molar-refractivity contribution < 1.29 is 13.5 Å². The summed E-state index contributed by atoms with van der Waals surface area (Å²) < 4.78 is 33.4. The first-order valence-electron chi connectivity index (χ1n) is 6.84. The molecule has 0 radical (unpaired) electrons. The van der Waals surface area contributed by atoms with Crippen molar-refractivity contribution in [2.45, 2.75) is 44.2 Å². The van der Waals surface area contributed by atoms with Crippen LogP contribution in [0.15, 0.2) is 18.2 Å². The second kappa shape index (κ2) is 5.97. The van der Waals surface area contributed by atoms with Crippen LogP contribution in [0.3, 0.4) is 0 Å². The molecule has 0 saturated heterocycles. The van der Waals surface area contributed by atoms with Crippen molar-refractivity contribution in [3.8, 4) is 0 Å². The zero-order valence-corrected chi connectivity index (χ0v) is 11.5. The van der Waals surface area contributed by atoms with E-state index in [1.807, 2.05) is 6.92 Å². The van der Waals surface area contributed by atoms with Gasteiger partial charge < -0.3 is 10.1 Å². The van der Waals surface area contributed by atoms with Gasteiger partial charge in [0.1, 0.15) is 11.6 Å². The molecule has 1 atom stereocenters. The summed E-state index contributed by atoms with van der Waals surface area (Å²) in [6.45, 7) is 2.60. The SMILES string of the molecule is CCNC(CC1(OC)CCC1)c1c(F)cccc1F. The molecule has 0 bridgehead atoms. The van der Waals surface area contributed by atoms with Gasteiger partial charge in [-0.2, -0.15) is 0 Å². The summed E-state index contributed by atoms with van der Waals surface area (Å²) in [5.41, 5.74) is -0.0886. The van der Waals surface area contributed by atoms with Crippen molar-refractivity contribution in [3.63, 3.8) is 0 Å². The van der Waals surface area contributed by atoms with Crippen LogP contribution in [0.4, 0.5) is 8.78 Å². The molecule has 1 aliphatic rings. The van der Waals surface area contributed by atoms with Gasteiger partial charge in [0.25, 0.3) is 0 Å². The highest BCUT2D eigenvalue weighted by Crippen LogP contribution is 2.42. The van der Waals surface area contributed by atoms with E-state index in [0.29, 0.717) is 13.0 Å². The van der Waals surface area contributed by atoms with Gasteiger partial charge in [-0.3, -0.25) is 0 Å². The molecule has 0 spiro atoms. The molecule has 1 aromatic rings. The Balaban J connectivity index is 2.24. The molecule has 2 nitrogen and oxygen atoms in total. The summed E-state index contributed by atoms with van der Waals surface area (Å²) in [5.74, 6) is -0.979. The van der Waals surface area contributed by atoms with Gasteiger partial charge in [-0.25, -0.2) is 8.78 Å². The molecule has 4 heteroatoms. The van der Waals surface area contributed by atoms with Crippen LogP contribution in [-0.4, -0.2) is 19.3 Å². The van der Waals surface area contributed by atoms with E-state index in [4.69, 9.17) is 4.74 Å². The molecule has 2 rings (SSSR count). The molecule has 1 aromatic carbocycles. The standard InChI is InChI=1S/C15H21F2NO/c1-3-18-13(10-15(19-2)8-5-9-15)14-11(16)6-4-7-12(14)17/h4,6-7,13,18H,3,5,8-10H2,1-2H3. The van der Waals surface area contributed by atoms with Crippen LogP contribution in [0.1, 0.15) is 44.2 Å². The number of nitrogens with one attached hydrogen (secondary N) is 1. The average molecular weight is 269 g/mol. The van der Waals surface area contributed by atoms with Crippen LogP contribution in [0, 0.1) is 11.6 Å². The second-order valence-corrected chi connectivity index (χ2v) is 5.19. The van der Waals surface area contributed by atoms with Crippen molar-refractivity contribution in [2.75, 3.05) is 13.7 Å². The summed E-state index contributed by atoms with van der Waals surface area (Å²) in [6, 6.07) is 3.67. The van der Waals surface area contributed by atoms with Crippen LogP contribution in [0.5, 0.6) is 0 Å². The maximum atomic E-state index is 13.9. The lowest BCUT2D eigenvalue weighted by Crippen LogP contribution is -2.43. The van der Waals surface area contributed by atoms with Gasteiger partial charge in [-0.05, 0) is 44.4 Å². The molecule has 1 saturated carbocycles. The summed E-state index contributed by atoms with van der Waals surface area (Å²) in [5, 5.41) is 3.18. The number of hydrogen-bond donors (Lipinski definition) is 1. The Kier molecular flexibility index (Phi) is 4.53. The quantitative estimate of drug-likeness (QED) is 0.852. The molecule has 0 aliphatic heterocycles. The lowest BCUT2D eigenvalue weighted by molar-refractivity contribution is -0.0840. The number of rotatable bonds is 6. The van der Waals surface area contributed by atoms with Crippen molar-refractivity contribution >= 4 is 0 Å².